The van der Waals surface area contributed by atoms with Gasteiger partial charge in [-0.05, 0) is 45.8 Å². The number of benzene rings is 2. The lowest BCUT2D eigenvalue weighted by atomic mass is 10.2. The molecule has 2 aromatic rings. The highest BCUT2D eigenvalue weighted by Crippen LogP contribution is 2.21. The van der Waals surface area contributed by atoms with Crippen LogP contribution in [0.4, 0.5) is 8.78 Å². The average Bonchev–Trinajstić information content (AvgIpc) is 2.55. The number of hydroxylamine groups is 1. The first-order valence-corrected chi connectivity index (χ1v) is 7.07. The van der Waals surface area contributed by atoms with Crippen LogP contribution in [0.3, 0.4) is 0 Å². The molecule has 2 aromatic carbocycles. The van der Waals surface area contributed by atoms with E-state index in [4.69, 9.17) is 9.94 Å². The van der Waals surface area contributed by atoms with Crippen LogP contribution < -0.4 is 10.2 Å². The number of halogens is 3. The lowest BCUT2D eigenvalue weighted by Gasteiger charge is -2.08. The minimum absolute atomic E-state index is 0.00111. The van der Waals surface area contributed by atoms with Gasteiger partial charge in [-0.25, -0.2) is 8.78 Å². The molecule has 0 amide bonds. The second-order valence-corrected chi connectivity index (χ2v) is 5.20. The third kappa shape index (κ3) is 3.61. The molecule has 0 unspecified atom stereocenters. The van der Waals surface area contributed by atoms with E-state index in [-0.39, 0.29) is 22.4 Å². The Morgan fingerprint density at radius 3 is 2.45 bits per heavy atom. The third-order valence-corrected chi connectivity index (χ3v) is 3.59. The number of ether oxygens (including phenoxy) is 1. The Bertz CT molecular complexity index is 691. The second-order valence-electron chi connectivity index (χ2n) is 4.35. The van der Waals surface area contributed by atoms with Crippen molar-refractivity contribution in [2.24, 2.45) is 4.99 Å². The molecule has 0 spiro atoms. The number of nitrogens with zero attached hydrogens (tertiary/aromatic N) is 1. The van der Waals surface area contributed by atoms with Gasteiger partial charge < -0.3 is 4.74 Å². The van der Waals surface area contributed by atoms with Gasteiger partial charge >= 0.3 is 0 Å². The molecule has 4 nitrogen and oxygen atoms in total. The topological polar surface area (TPSA) is 53.8 Å². The Kier molecular flexibility index (Phi) is 5.46. The first kappa shape index (κ1) is 16.4. The van der Waals surface area contributed by atoms with E-state index in [9.17, 15) is 8.78 Å². The molecule has 22 heavy (non-hydrogen) atoms. The van der Waals surface area contributed by atoms with Crippen LogP contribution in [0.5, 0.6) is 5.75 Å². The van der Waals surface area contributed by atoms with Crippen molar-refractivity contribution in [1.29, 1.82) is 0 Å². The maximum Gasteiger partial charge on any atom is 0.173 e. The lowest BCUT2D eigenvalue weighted by molar-refractivity contribution is 0.234. The van der Waals surface area contributed by atoms with Crippen molar-refractivity contribution in [1.82, 2.24) is 5.48 Å². The fraction of sp³-hybridized carbons (Fsp3) is 0.133. The number of aliphatic imine (C=N–C) groups is 1. The summed E-state index contributed by atoms with van der Waals surface area (Å²) in [5.41, 5.74) is 2.47. The van der Waals surface area contributed by atoms with Gasteiger partial charge in [0.25, 0.3) is 0 Å². The number of methoxy groups -OCH3 is 1. The van der Waals surface area contributed by atoms with Crippen LogP contribution in [0.1, 0.15) is 11.1 Å². The SMILES string of the molecule is COc1ccc(CN=C(NO)c2ccc(Br)c(F)c2F)cc1. The molecule has 0 aliphatic carbocycles. The van der Waals surface area contributed by atoms with Gasteiger partial charge in [0.1, 0.15) is 5.75 Å². The summed E-state index contributed by atoms with van der Waals surface area (Å²) in [7, 11) is 1.56. The fourth-order valence-corrected chi connectivity index (χ4v) is 2.10. The molecule has 0 heterocycles. The summed E-state index contributed by atoms with van der Waals surface area (Å²) < 4.78 is 32.4. The Morgan fingerprint density at radius 2 is 1.86 bits per heavy atom. The monoisotopic (exact) mass is 370 g/mol. The number of rotatable bonds is 4. The van der Waals surface area contributed by atoms with Crippen LogP contribution >= 0.6 is 15.9 Å². The van der Waals surface area contributed by atoms with Crippen molar-refractivity contribution in [3.05, 3.63) is 63.6 Å². The zero-order valence-electron chi connectivity index (χ0n) is 11.6. The molecule has 0 aliphatic rings. The summed E-state index contributed by atoms with van der Waals surface area (Å²) in [4.78, 5) is 4.06. The first-order valence-electron chi connectivity index (χ1n) is 6.28. The van der Waals surface area contributed by atoms with Crippen molar-refractivity contribution in [2.45, 2.75) is 6.54 Å². The van der Waals surface area contributed by atoms with E-state index in [1.165, 1.54) is 12.1 Å². The Morgan fingerprint density at radius 1 is 1.18 bits per heavy atom. The highest BCUT2D eigenvalue weighted by molar-refractivity contribution is 9.10. The van der Waals surface area contributed by atoms with E-state index in [0.717, 1.165) is 5.56 Å². The smallest absolute Gasteiger partial charge is 0.173 e. The summed E-state index contributed by atoms with van der Waals surface area (Å²) in [6, 6.07) is 9.76. The second kappa shape index (κ2) is 7.33. The molecule has 0 fully saturated rings. The molecule has 0 radical (unpaired) electrons. The predicted octanol–water partition coefficient (Wildman–Crippen LogP) is 3.66. The van der Waals surface area contributed by atoms with Crippen LogP contribution in [0, 0.1) is 11.6 Å². The van der Waals surface area contributed by atoms with Crippen molar-refractivity contribution < 1.29 is 18.7 Å². The lowest BCUT2D eigenvalue weighted by Crippen LogP contribution is -2.22. The van der Waals surface area contributed by atoms with Crippen molar-refractivity contribution in [2.75, 3.05) is 7.11 Å². The Balaban J connectivity index is 2.25. The van der Waals surface area contributed by atoms with Crippen LogP contribution in [0.25, 0.3) is 0 Å². The normalized spacial score (nSPS) is 11.4. The van der Waals surface area contributed by atoms with Gasteiger partial charge in [0.05, 0.1) is 23.7 Å². The standard InChI is InChI=1S/C15H13BrF2N2O2/c1-22-10-4-2-9(3-5-10)8-19-15(20-21)11-6-7-12(16)14(18)13(11)17/h2-7,21H,8H2,1H3,(H,19,20). The van der Waals surface area contributed by atoms with Gasteiger partial charge in [-0.2, -0.15) is 0 Å². The van der Waals surface area contributed by atoms with Crippen molar-refractivity contribution >= 4 is 21.8 Å². The zero-order valence-corrected chi connectivity index (χ0v) is 13.2. The van der Waals surface area contributed by atoms with Crippen molar-refractivity contribution in [3.8, 4) is 5.75 Å². The molecule has 116 valence electrons. The Hall–Kier alpha value is -1.99. The van der Waals surface area contributed by atoms with Crippen LogP contribution in [-0.4, -0.2) is 18.2 Å². The predicted molar refractivity (Wildman–Crippen MR) is 82.2 cm³/mol. The molecule has 2 N–H and O–H groups in total. The van der Waals surface area contributed by atoms with Gasteiger partial charge in [-0.3, -0.25) is 15.7 Å². The average molecular weight is 371 g/mol. The van der Waals surface area contributed by atoms with Gasteiger partial charge in [0.15, 0.2) is 17.5 Å². The number of nitrogens with one attached hydrogen (secondary N) is 1. The molecule has 2 rings (SSSR count). The van der Waals surface area contributed by atoms with E-state index < -0.39 is 11.6 Å². The maximum atomic E-state index is 13.9. The first-order chi connectivity index (χ1) is 10.6. The van der Waals surface area contributed by atoms with Crippen LogP contribution in [0.2, 0.25) is 0 Å². The fourth-order valence-electron chi connectivity index (χ4n) is 1.79. The summed E-state index contributed by atoms with van der Waals surface area (Å²) >= 11 is 2.89. The number of hydrogen-bond acceptors (Lipinski definition) is 3. The summed E-state index contributed by atoms with van der Waals surface area (Å²) in [5, 5.41) is 9.12. The zero-order chi connectivity index (χ0) is 16.1. The van der Waals surface area contributed by atoms with E-state index >= 15 is 0 Å². The third-order valence-electron chi connectivity index (χ3n) is 2.98. The molecule has 0 saturated heterocycles. The molecule has 0 aromatic heterocycles. The van der Waals surface area contributed by atoms with Crippen LogP contribution in [-0.2, 0) is 6.54 Å². The Labute approximate surface area is 134 Å². The van der Waals surface area contributed by atoms with Gasteiger partial charge in [-0.1, -0.05) is 12.1 Å². The van der Waals surface area contributed by atoms with Gasteiger partial charge in [-0.15, -0.1) is 0 Å². The van der Waals surface area contributed by atoms with E-state index in [1.807, 2.05) is 0 Å². The number of hydrogen-bond donors (Lipinski definition) is 2. The highest BCUT2D eigenvalue weighted by Gasteiger charge is 2.15. The molecule has 7 heteroatoms. The molecule has 0 bridgehead atoms. The van der Waals surface area contributed by atoms with E-state index in [0.29, 0.717) is 5.75 Å². The van der Waals surface area contributed by atoms with Gasteiger partial charge in [0, 0.05) is 0 Å². The van der Waals surface area contributed by atoms with Crippen molar-refractivity contribution in [3.63, 3.8) is 0 Å². The largest absolute Gasteiger partial charge is 0.497 e. The highest BCUT2D eigenvalue weighted by atomic mass is 79.9. The minimum Gasteiger partial charge on any atom is -0.497 e. The molecular formula is C15H13BrF2N2O2. The van der Waals surface area contributed by atoms with Crippen LogP contribution in [0.15, 0.2) is 45.9 Å². The molecule has 0 aliphatic heterocycles. The maximum absolute atomic E-state index is 13.9. The quantitative estimate of drug-likeness (QED) is 0.373. The molecule has 0 saturated carbocycles. The van der Waals surface area contributed by atoms with E-state index in [2.05, 4.69) is 20.9 Å². The summed E-state index contributed by atoms with van der Waals surface area (Å²) in [5.74, 6) is -1.58. The van der Waals surface area contributed by atoms with Gasteiger partial charge in [0.2, 0.25) is 0 Å². The summed E-state index contributed by atoms with van der Waals surface area (Å²) in [6.07, 6.45) is 0. The molecular weight excluding hydrogens is 358 g/mol. The van der Waals surface area contributed by atoms with E-state index in [1.54, 1.807) is 36.9 Å². The minimum atomic E-state index is -1.09. The molecule has 0 atom stereocenters. The number of amidine groups is 1. The summed E-state index contributed by atoms with van der Waals surface area (Å²) in [6.45, 7) is 0.185.